The maximum Gasteiger partial charge on any atom is 0.246 e. The van der Waals surface area contributed by atoms with Gasteiger partial charge in [0.15, 0.2) is 0 Å². The Morgan fingerprint density at radius 3 is 2.21 bits per heavy atom. The number of fused-ring (bicyclic) bond motifs is 4. The molecule has 9 heteroatoms. The van der Waals surface area contributed by atoms with Crippen LogP contribution in [0.2, 0.25) is 5.02 Å². The molecule has 8 rings (SSSR count). The van der Waals surface area contributed by atoms with Gasteiger partial charge in [0.25, 0.3) is 0 Å². The molecule has 1 N–H and O–H groups in total. The van der Waals surface area contributed by atoms with Crippen molar-refractivity contribution >= 4 is 62.5 Å². The minimum Gasteiger partial charge on any atom is -0.508 e. The Hall–Kier alpha value is -4.53. The summed E-state index contributed by atoms with van der Waals surface area (Å²) in [5.74, 6) is -4.67. The molecule has 1 saturated carbocycles. The van der Waals surface area contributed by atoms with E-state index in [0.29, 0.717) is 33.9 Å². The fourth-order valence-electron chi connectivity index (χ4n) is 8.67. The van der Waals surface area contributed by atoms with Gasteiger partial charge in [-0.2, -0.15) is 0 Å². The summed E-state index contributed by atoms with van der Waals surface area (Å²) in [5.41, 5.74) is 1.65. The van der Waals surface area contributed by atoms with Crippen molar-refractivity contribution in [2.75, 3.05) is 9.80 Å². The Labute approximate surface area is 284 Å². The van der Waals surface area contributed by atoms with Crippen LogP contribution >= 0.6 is 27.5 Å². The summed E-state index contributed by atoms with van der Waals surface area (Å²) in [4.78, 5) is 60.7. The zero-order chi connectivity index (χ0) is 32.6. The number of carbonyl (C=O) groups excluding carboxylic acids is 4. The number of imide groups is 2. The molecule has 2 heterocycles. The smallest absolute Gasteiger partial charge is 0.246 e. The van der Waals surface area contributed by atoms with E-state index < -0.39 is 35.0 Å². The lowest BCUT2D eigenvalue weighted by Crippen LogP contribution is -2.53. The first-order valence-corrected chi connectivity index (χ1v) is 16.7. The zero-order valence-corrected chi connectivity index (χ0v) is 27.3. The van der Waals surface area contributed by atoms with E-state index >= 15 is 4.79 Å². The van der Waals surface area contributed by atoms with Gasteiger partial charge in [-0.3, -0.25) is 24.1 Å². The Bertz CT molecular complexity index is 2010. The van der Waals surface area contributed by atoms with E-state index in [-0.39, 0.29) is 35.8 Å². The lowest BCUT2D eigenvalue weighted by Gasteiger charge is -2.50. The SMILES string of the molecule is O=C1[C@H]2[C@H](CC=C3[C@H]2C[C@H]2C(=O)N(c4cccc(Cl)c4)C(=O)[C@@]2(c2ccccc2)[C@H]3c2cccc(O)c2)C(=O)N1c1ccc(Br)cc1. The summed E-state index contributed by atoms with van der Waals surface area (Å²) >= 11 is 9.79. The average Bonchev–Trinajstić information content (AvgIpc) is 3.46. The summed E-state index contributed by atoms with van der Waals surface area (Å²) in [6, 6.07) is 29.9. The molecule has 0 spiro atoms. The largest absolute Gasteiger partial charge is 0.508 e. The molecule has 2 aliphatic carbocycles. The third kappa shape index (κ3) is 4.31. The Balaban J connectivity index is 1.34. The van der Waals surface area contributed by atoms with Crippen LogP contribution in [-0.2, 0) is 24.6 Å². The second-order valence-electron chi connectivity index (χ2n) is 12.7. The van der Waals surface area contributed by atoms with Gasteiger partial charge < -0.3 is 5.11 Å². The predicted molar refractivity (Wildman–Crippen MR) is 181 cm³/mol. The molecule has 3 fully saturated rings. The number of anilines is 2. The van der Waals surface area contributed by atoms with Crippen molar-refractivity contribution in [1.29, 1.82) is 0 Å². The highest BCUT2D eigenvalue weighted by atomic mass is 79.9. The minimum absolute atomic E-state index is 0.0238. The van der Waals surface area contributed by atoms with E-state index in [0.717, 1.165) is 10.0 Å². The molecule has 0 aromatic heterocycles. The van der Waals surface area contributed by atoms with Crippen LogP contribution in [0, 0.1) is 23.7 Å². The van der Waals surface area contributed by atoms with Gasteiger partial charge in [-0.15, -0.1) is 0 Å². The van der Waals surface area contributed by atoms with Gasteiger partial charge in [-0.1, -0.05) is 87.7 Å². The molecule has 47 heavy (non-hydrogen) atoms. The first-order valence-electron chi connectivity index (χ1n) is 15.5. The van der Waals surface area contributed by atoms with Crippen LogP contribution in [0.25, 0.3) is 0 Å². The number of phenols is 1. The monoisotopic (exact) mass is 706 g/mol. The Morgan fingerprint density at radius 2 is 1.49 bits per heavy atom. The van der Waals surface area contributed by atoms with E-state index in [1.54, 1.807) is 66.7 Å². The van der Waals surface area contributed by atoms with Gasteiger partial charge >= 0.3 is 0 Å². The highest BCUT2D eigenvalue weighted by molar-refractivity contribution is 9.10. The van der Waals surface area contributed by atoms with Crippen molar-refractivity contribution in [3.05, 3.63) is 135 Å². The molecule has 0 radical (unpaired) electrons. The third-order valence-electron chi connectivity index (χ3n) is 10.5. The fraction of sp³-hybridized carbons (Fsp3) is 0.211. The molecule has 6 atom stereocenters. The number of aromatic hydroxyl groups is 1. The standard InChI is InChI=1S/C38H28BrClN2O5/c39-23-12-14-25(15-13-23)41-34(44)29-17-16-28-30(32(29)36(41)46)20-31-35(45)42(26-10-5-9-24(40)19-26)37(47)38(31,22-7-2-1-3-8-22)33(28)21-6-4-11-27(43)18-21/h1-16,18-19,29-33,43H,17,20H2/t29-,30+,31-,32-,33-,38+/m0/s1. The molecule has 4 aromatic rings. The van der Waals surface area contributed by atoms with Crippen molar-refractivity contribution in [1.82, 2.24) is 0 Å². The quantitative estimate of drug-likeness (QED) is 0.179. The third-order valence-corrected chi connectivity index (χ3v) is 11.2. The topological polar surface area (TPSA) is 95.0 Å². The maximum absolute atomic E-state index is 15.2. The van der Waals surface area contributed by atoms with Crippen LogP contribution in [0.3, 0.4) is 0 Å². The first kappa shape index (κ1) is 29.8. The van der Waals surface area contributed by atoms with E-state index in [1.165, 1.54) is 9.80 Å². The van der Waals surface area contributed by atoms with E-state index in [9.17, 15) is 19.5 Å². The van der Waals surface area contributed by atoms with Gasteiger partial charge in [0.1, 0.15) is 5.75 Å². The summed E-state index contributed by atoms with van der Waals surface area (Å²) in [6.07, 6.45) is 2.53. The van der Waals surface area contributed by atoms with Gasteiger partial charge in [-0.05, 0) is 84.5 Å². The highest BCUT2D eigenvalue weighted by Crippen LogP contribution is 2.64. The lowest BCUT2D eigenvalue weighted by molar-refractivity contribution is -0.127. The number of nitrogens with zero attached hydrogens (tertiary/aromatic N) is 2. The molecule has 4 amide bonds. The van der Waals surface area contributed by atoms with Crippen molar-refractivity contribution in [2.45, 2.75) is 24.2 Å². The number of hydrogen-bond acceptors (Lipinski definition) is 5. The van der Waals surface area contributed by atoms with Gasteiger partial charge in [0, 0.05) is 15.4 Å². The average molecular weight is 708 g/mol. The minimum atomic E-state index is -1.39. The van der Waals surface area contributed by atoms with E-state index in [1.807, 2.05) is 42.5 Å². The summed E-state index contributed by atoms with van der Waals surface area (Å²) in [7, 11) is 0. The van der Waals surface area contributed by atoms with Crippen LogP contribution < -0.4 is 9.80 Å². The predicted octanol–water partition coefficient (Wildman–Crippen LogP) is 7.18. The van der Waals surface area contributed by atoms with Crippen molar-refractivity contribution < 1.29 is 24.3 Å². The van der Waals surface area contributed by atoms with Gasteiger partial charge in [0.05, 0.1) is 34.5 Å². The second kappa shape index (κ2) is 11.0. The molecule has 2 saturated heterocycles. The highest BCUT2D eigenvalue weighted by Gasteiger charge is 2.70. The van der Waals surface area contributed by atoms with Crippen molar-refractivity contribution in [2.24, 2.45) is 23.7 Å². The number of phenolic OH excluding ortho intramolecular Hbond substituents is 1. The van der Waals surface area contributed by atoms with Crippen LogP contribution in [0.1, 0.15) is 29.9 Å². The number of rotatable bonds is 4. The van der Waals surface area contributed by atoms with Gasteiger partial charge in [0.2, 0.25) is 23.6 Å². The number of benzene rings is 4. The van der Waals surface area contributed by atoms with Crippen molar-refractivity contribution in [3.63, 3.8) is 0 Å². The molecule has 4 aromatic carbocycles. The number of amides is 4. The van der Waals surface area contributed by atoms with Crippen LogP contribution in [-0.4, -0.2) is 28.7 Å². The van der Waals surface area contributed by atoms with Crippen LogP contribution in [0.4, 0.5) is 11.4 Å². The Morgan fingerprint density at radius 1 is 0.745 bits per heavy atom. The molecule has 2 aliphatic heterocycles. The number of halogens is 2. The lowest BCUT2D eigenvalue weighted by atomic mass is 9.49. The fourth-order valence-corrected chi connectivity index (χ4v) is 9.12. The van der Waals surface area contributed by atoms with Crippen molar-refractivity contribution in [3.8, 4) is 5.75 Å². The summed E-state index contributed by atoms with van der Waals surface area (Å²) in [5, 5.41) is 11.1. The van der Waals surface area contributed by atoms with Crippen LogP contribution in [0.5, 0.6) is 5.75 Å². The maximum atomic E-state index is 15.2. The number of allylic oxidation sites excluding steroid dienone is 2. The van der Waals surface area contributed by atoms with E-state index in [4.69, 9.17) is 11.6 Å². The second-order valence-corrected chi connectivity index (χ2v) is 14.0. The molecular weight excluding hydrogens is 680 g/mol. The summed E-state index contributed by atoms with van der Waals surface area (Å²) < 4.78 is 0.828. The normalized spacial score (nSPS) is 28.2. The summed E-state index contributed by atoms with van der Waals surface area (Å²) in [6.45, 7) is 0. The molecule has 7 nitrogen and oxygen atoms in total. The molecular formula is C38H28BrClN2O5. The number of hydrogen-bond donors (Lipinski definition) is 1. The molecule has 234 valence electrons. The molecule has 0 unspecified atom stereocenters. The first-order chi connectivity index (χ1) is 22.7. The Kier molecular flexibility index (Phi) is 7.00. The van der Waals surface area contributed by atoms with Crippen LogP contribution in [0.15, 0.2) is 119 Å². The van der Waals surface area contributed by atoms with Gasteiger partial charge in [-0.25, -0.2) is 4.90 Å². The molecule has 0 bridgehead atoms. The number of carbonyl (C=O) groups is 4. The molecule has 4 aliphatic rings. The zero-order valence-electron chi connectivity index (χ0n) is 24.9. The van der Waals surface area contributed by atoms with E-state index in [2.05, 4.69) is 15.9 Å².